The van der Waals surface area contributed by atoms with E-state index in [0.717, 1.165) is 5.56 Å². The van der Waals surface area contributed by atoms with E-state index in [1.54, 1.807) is 13.2 Å². The molecule has 0 radical (unpaired) electrons. The monoisotopic (exact) mass is 239 g/mol. The molecule has 3 heteroatoms. The maximum atomic E-state index is 14.0. The minimum atomic E-state index is -0.350. The van der Waals surface area contributed by atoms with Crippen molar-refractivity contribution in [2.75, 3.05) is 7.11 Å². The predicted octanol–water partition coefficient (Wildman–Crippen LogP) is 3.24. The Kier molecular flexibility index (Phi) is 4.15. The highest BCUT2D eigenvalue weighted by Crippen LogP contribution is 2.31. The molecule has 0 spiro atoms. The lowest BCUT2D eigenvalue weighted by atomic mass is 9.93. The molecule has 0 saturated heterocycles. The van der Waals surface area contributed by atoms with Gasteiger partial charge in [-0.15, -0.1) is 0 Å². The Balaban J connectivity index is 3.18. The van der Waals surface area contributed by atoms with E-state index in [0.29, 0.717) is 17.7 Å². The van der Waals surface area contributed by atoms with Crippen LogP contribution in [0.3, 0.4) is 0 Å². The van der Waals surface area contributed by atoms with Crippen molar-refractivity contribution in [1.82, 2.24) is 0 Å². The molecule has 0 fully saturated rings. The summed E-state index contributed by atoms with van der Waals surface area (Å²) in [5, 5.41) is 0. The van der Waals surface area contributed by atoms with Crippen LogP contribution in [0, 0.1) is 5.82 Å². The zero-order chi connectivity index (χ0) is 13.2. The van der Waals surface area contributed by atoms with Crippen molar-refractivity contribution in [2.24, 2.45) is 5.73 Å². The second kappa shape index (κ2) is 5.05. The number of benzene rings is 1. The predicted molar refractivity (Wildman–Crippen MR) is 69.0 cm³/mol. The molecule has 96 valence electrons. The zero-order valence-corrected chi connectivity index (χ0v) is 11.3. The quantitative estimate of drug-likeness (QED) is 0.875. The van der Waals surface area contributed by atoms with Gasteiger partial charge in [-0.2, -0.15) is 0 Å². The van der Waals surface area contributed by atoms with E-state index >= 15 is 0 Å². The van der Waals surface area contributed by atoms with Crippen LogP contribution >= 0.6 is 0 Å². The van der Waals surface area contributed by atoms with E-state index in [4.69, 9.17) is 10.5 Å². The molecule has 2 nitrogen and oxygen atoms in total. The third kappa shape index (κ3) is 3.70. The molecule has 0 amide bonds. The van der Waals surface area contributed by atoms with Crippen molar-refractivity contribution in [1.29, 1.82) is 0 Å². The van der Waals surface area contributed by atoms with Gasteiger partial charge in [0.05, 0.1) is 7.11 Å². The first-order valence-electron chi connectivity index (χ1n) is 5.90. The Morgan fingerprint density at radius 1 is 1.35 bits per heavy atom. The first kappa shape index (κ1) is 14.0. The van der Waals surface area contributed by atoms with Gasteiger partial charge in [0.1, 0.15) is 11.6 Å². The van der Waals surface area contributed by atoms with E-state index in [1.807, 2.05) is 33.8 Å². The standard InChI is InChI=1S/C14H22FNO/c1-9(2)13-11(15)6-10(7-12(13)17-5)8-14(3,4)16/h6-7,9H,8,16H2,1-5H3. The molecule has 1 aromatic rings. The molecule has 2 N–H and O–H groups in total. The van der Waals surface area contributed by atoms with Crippen LogP contribution < -0.4 is 10.5 Å². The molecule has 1 aromatic carbocycles. The van der Waals surface area contributed by atoms with Gasteiger partial charge in [-0.25, -0.2) is 4.39 Å². The smallest absolute Gasteiger partial charge is 0.130 e. The van der Waals surface area contributed by atoms with Crippen LogP contribution in [0.15, 0.2) is 12.1 Å². The molecule has 0 aliphatic rings. The summed E-state index contributed by atoms with van der Waals surface area (Å²) in [6.07, 6.45) is 0.624. The van der Waals surface area contributed by atoms with Gasteiger partial charge in [-0.05, 0) is 43.9 Å². The molecule has 0 unspecified atom stereocenters. The normalized spacial score (nSPS) is 12.0. The first-order chi connectivity index (χ1) is 7.74. The molecule has 0 atom stereocenters. The molecular formula is C14H22FNO. The fraction of sp³-hybridized carbons (Fsp3) is 0.571. The Morgan fingerprint density at radius 3 is 2.35 bits per heavy atom. The summed E-state index contributed by atoms with van der Waals surface area (Å²) in [4.78, 5) is 0. The van der Waals surface area contributed by atoms with Crippen LogP contribution in [0.1, 0.15) is 44.7 Å². The topological polar surface area (TPSA) is 35.2 Å². The van der Waals surface area contributed by atoms with Gasteiger partial charge in [0, 0.05) is 11.1 Å². The molecule has 17 heavy (non-hydrogen) atoms. The average molecular weight is 239 g/mol. The third-order valence-corrected chi connectivity index (χ3v) is 2.61. The van der Waals surface area contributed by atoms with Crippen LogP contribution in [0.5, 0.6) is 5.75 Å². The Bertz CT molecular complexity index is 394. The molecule has 0 bridgehead atoms. The summed E-state index contributed by atoms with van der Waals surface area (Å²) >= 11 is 0. The van der Waals surface area contributed by atoms with Crippen LogP contribution in [-0.2, 0) is 6.42 Å². The Labute approximate surface area is 103 Å². The summed E-state index contributed by atoms with van der Waals surface area (Å²) in [5.41, 5.74) is 7.10. The van der Waals surface area contributed by atoms with Crippen molar-refractivity contribution in [3.63, 3.8) is 0 Å². The van der Waals surface area contributed by atoms with Gasteiger partial charge in [-0.1, -0.05) is 13.8 Å². The number of methoxy groups -OCH3 is 1. The average Bonchev–Trinajstić information content (AvgIpc) is 2.12. The van der Waals surface area contributed by atoms with E-state index in [1.165, 1.54) is 0 Å². The lowest BCUT2D eigenvalue weighted by Gasteiger charge is -2.20. The van der Waals surface area contributed by atoms with Crippen molar-refractivity contribution < 1.29 is 9.13 Å². The summed E-state index contributed by atoms with van der Waals surface area (Å²) in [5.74, 6) is 0.503. The molecule has 0 saturated carbocycles. The minimum Gasteiger partial charge on any atom is -0.496 e. The van der Waals surface area contributed by atoms with Gasteiger partial charge >= 0.3 is 0 Å². The first-order valence-corrected chi connectivity index (χ1v) is 5.90. The van der Waals surface area contributed by atoms with E-state index in [9.17, 15) is 4.39 Å². The highest BCUT2D eigenvalue weighted by molar-refractivity contribution is 5.41. The van der Waals surface area contributed by atoms with Crippen LogP contribution in [0.25, 0.3) is 0 Å². The maximum Gasteiger partial charge on any atom is 0.130 e. The highest BCUT2D eigenvalue weighted by Gasteiger charge is 2.18. The summed E-state index contributed by atoms with van der Waals surface area (Å²) in [6.45, 7) is 7.75. The highest BCUT2D eigenvalue weighted by atomic mass is 19.1. The Hall–Kier alpha value is -1.09. The molecule has 0 aliphatic carbocycles. The van der Waals surface area contributed by atoms with Crippen molar-refractivity contribution in [2.45, 2.75) is 45.6 Å². The number of hydrogen-bond donors (Lipinski definition) is 1. The largest absolute Gasteiger partial charge is 0.496 e. The molecule has 0 aromatic heterocycles. The lowest BCUT2D eigenvalue weighted by Crippen LogP contribution is -2.34. The van der Waals surface area contributed by atoms with E-state index < -0.39 is 0 Å². The number of nitrogens with two attached hydrogens (primary N) is 1. The molecular weight excluding hydrogens is 217 g/mol. The molecule has 1 rings (SSSR count). The number of rotatable bonds is 4. The van der Waals surface area contributed by atoms with Crippen LogP contribution in [-0.4, -0.2) is 12.6 Å². The van der Waals surface area contributed by atoms with Crippen molar-refractivity contribution in [3.8, 4) is 5.75 Å². The van der Waals surface area contributed by atoms with Crippen molar-refractivity contribution >= 4 is 0 Å². The maximum absolute atomic E-state index is 14.0. The van der Waals surface area contributed by atoms with E-state index in [-0.39, 0.29) is 17.3 Å². The molecule has 0 aliphatic heterocycles. The molecule has 0 heterocycles. The van der Waals surface area contributed by atoms with Gasteiger partial charge in [-0.3, -0.25) is 0 Å². The summed E-state index contributed by atoms with van der Waals surface area (Å²) < 4.78 is 19.3. The summed E-state index contributed by atoms with van der Waals surface area (Å²) in [6, 6.07) is 3.44. The second-order valence-electron chi connectivity index (χ2n) is 5.51. The number of halogens is 1. The fourth-order valence-corrected chi connectivity index (χ4v) is 2.00. The minimum absolute atomic E-state index is 0.102. The van der Waals surface area contributed by atoms with Gasteiger partial charge in [0.25, 0.3) is 0 Å². The zero-order valence-electron chi connectivity index (χ0n) is 11.3. The van der Waals surface area contributed by atoms with Gasteiger partial charge in [0.2, 0.25) is 0 Å². The van der Waals surface area contributed by atoms with Crippen LogP contribution in [0.2, 0.25) is 0 Å². The third-order valence-electron chi connectivity index (χ3n) is 2.61. The number of hydrogen-bond acceptors (Lipinski definition) is 2. The SMILES string of the molecule is COc1cc(CC(C)(C)N)cc(F)c1C(C)C. The second-order valence-corrected chi connectivity index (χ2v) is 5.51. The number of ether oxygens (including phenoxy) is 1. The van der Waals surface area contributed by atoms with Crippen LogP contribution in [0.4, 0.5) is 4.39 Å². The van der Waals surface area contributed by atoms with Gasteiger partial charge in [0.15, 0.2) is 0 Å². The van der Waals surface area contributed by atoms with Crippen molar-refractivity contribution in [3.05, 3.63) is 29.1 Å². The summed E-state index contributed by atoms with van der Waals surface area (Å²) in [7, 11) is 1.57. The van der Waals surface area contributed by atoms with E-state index in [2.05, 4.69) is 0 Å². The van der Waals surface area contributed by atoms with Gasteiger partial charge < -0.3 is 10.5 Å². The fourth-order valence-electron chi connectivity index (χ4n) is 2.00. The lowest BCUT2D eigenvalue weighted by molar-refractivity contribution is 0.399. The Morgan fingerprint density at radius 2 is 1.94 bits per heavy atom.